The smallest absolute Gasteiger partial charge is 0.362 e. The van der Waals surface area contributed by atoms with Crippen LogP contribution in [0.3, 0.4) is 0 Å². The molecule has 0 spiro atoms. The van der Waals surface area contributed by atoms with Crippen LogP contribution in [0, 0.1) is 0 Å². The lowest BCUT2D eigenvalue weighted by molar-refractivity contribution is -0.137. The van der Waals surface area contributed by atoms with E-state index >= 15 is 0 Å². The number of hydrogen-bond acceptors (Lipinski definition) is 4. The molecule has 0 amide bonds. The SMILES string of the molecule is CCCNc1ncc(-c2ccncc2-c2ccccc2C(F)(F)F)s1. The number of anilines is 1. The highest BCUT2D eigenvalue weighted by Crippen LogP contribution is 2.41. The number of halogens is 3. The average molecular weight is 363 g/mol. The zero-order valence-electron chi connectivity index (χ0n) is 13.5. The highest BCUT2D eigenvalue weighted by atomic mass is 32.1. The second-order valence-corrected chi connectivity index (χ2v) is 6.45. The molecule has 2 aromatic heterocycles. The fourth-order valence-corrected chi connectivity index (χ4v) is 3.38. The molecule has 0 aliphatic rings. The molecule has 1 aromatic carbocycles. The van der Waals surface area contributed by atoms with Gasteiger partial charge in [0.25, 0.3) is 0 Å². The Bertz CT molecular complexity index is 859. The van der Waals surface area contributed by atoms with Gasteiger partial charge in [-0.15, -0.1) is 0 Å². The van der Waals surface area contributed by atoms with Crippen molar-refractivity contribution in [3.8, 4) is 21.6 Å². The number of benzene rings is 1. The maximum absolute atomic E-state index is 13.4. The van der Waals surface area contributed by atoms with Crippen molar-refractivity contribution in [3.05, 3.63) is 54.5 Å². The first-order chi connectivity index (χ1) is 12.0. The van der Waals surface area contributed by atoms with E-state index in [2.05, 4.69) is 22.2 Å². The summed E-state index contributed by atoms with van der Waals surface area (Å²) in [5.41, 5.74) is 0.586. The largest absolute Gasteiger partial charge is 0.417 e. The van der Waals surface area contributed by atoms with E-state index in [1.807, 2.05) is 0 Å². The molecule has 1 N–H and O–H groups in total. The van der Waals surface area contributed by atoms with Crippen LogP contribution in [0.5, 0.6) is 0 Å². The van der Waals surface area contributed by atoms with E-state index in [0.29, 0.717) is 11.1 Å². The summed E-state index contributed by atoms with van der Waals surface area (Å²) in [4.78, 5) is 9.13. The summed E-state index contributed by atoms with van der Waals surface area (Å²) in [6.07, 6.45) is 1.27. The summed E-state index contributed by atoms with van der Waals surface area (Å²) < 4.78 is 40.1. The molecular formula is C18H16F3N3S. The van der Waals surface area contributed by atoms with Crippen LogP contribution in [-0.2, 0) is 6.18 Å². The summed E-state index contributed by atoms with van der Waals surface area (Å²) in [6.45, 7) is 2.85. The average Bonchev–Trinajstić information content (AvgIpc) is 3.08. The van der Waals surface area contributed by atoms with E-state index in [1.165, 1.54) is 29.7 Å². The Morgan fingerprint density at radius 2 is 1.84 bits per heavy atom. The Hall–Kier alpha value is -2.41. The van der Waals surface area contributed by atoms with Gasteiger partial charge in [-0.2, -0.15) is 13.2 Å². The third-order valence-electron chi connectivity index (χ3n) is 3.64. The van der Waals surface area contributed by atoms with Gasteiger partial charge in [-0.25, -0.2) is 4.98 Å². The lowest BCUT2D eigenvalue weighted by Gasteiger charge is -2.14. The first-order valence-electron chi connectivity index (χ1n) is 7.81. The zero-order valence-corrected chi connectivity index (χ0v) is 14.3. The van der Waals surface area contributed by atoms with Crippen LogP contribution in [0.15, 0.2) is 48.9 Å². The number of pyridine rings is 1. The van der Waals surface area contributed by atoms with Crippen molar-refractivity contribution in [1.29, 1.82) is 0 Å². The third kappa shape index (κ3) is 3.82. The van der Waals surface area contributed by atoms with Gasteiger partial charge in [-0.1, -0.05) is 36.5 Å². The molecule has 0 radical (unpaired) electrons. The summed E-state index contributed by atoms with van der Waals surface area (Å²) in [7, 11) is 0. The van der Waals surface area contributed by atoms with Crippen LogP contribution in [0.1, 0.15) is 18.9 Å². The van der Waals surface area contributed by atoms with E-state index in [1.54, 1.807) is 24.5 Å². The monoisotopic (exact) mass is 363 g/mol. The summed E-state index contributed by atoms with van der Waals surface area (Å²) in [5.74, 6) is 0. The van der Waals surface area contributed by atoms with Crippen molar-refractivity contribution in [2.45, 2.75) is 19.5 Å². The van der Waals surface area contributed by atoms with Crippen LogP contribution >= 0.6 is 11.3 Å². The van der Waals surface area contributed by atoms with Gasteiger partial charge in [0.2, 0.25) is 0 Å². The minimum Gasteiger partial charge on any atom is -0.362 e. The van der Waals surface area contributed by atoms with Crippen LogP contribution in [0.2, 0.25) is 0 Å². The van der Waals surface area contributed by atoms with Gasteiger partial charge in [0.05, 0.1) is 10.4 Å². The molecule has 3 aromatic rings. The molecule has 7 heteroatoms. The Balaban J connectivity index is 2.08. The first-order valence-corrected chi connectivity index (χ1v) is 8.63. The number of rotatable bonds is 5. The van der Waals surface area contributed by atoms with Crippen LogP contribution in [-0.4, -0.2) is 16.5 Å². The molecule has 2 heterocycles. The van der Waals surface area contributed by atoms with Gasteiger partial charge < -0.3 is 5.32 Å². The number of nitrogens with one attached hydrogen (secondary N) is 1. The van der Waals surface area contributed by atoms with Crippen molar-refractivity contribution in [2.24, 2.45) is 0 Å². The van der Waals surface area contributed by atoms with E-state index in [-0.39, 0.29) is 5.56 Å². The zero-order chi connectivity index (χ0) is 17.9. The van der Waals surface area contributed by atoms with Crippen LogP contribution < -0.4 is 5.32 Å². The van der Waals surface area contributed by atoms with Crippen molar-refractivity contribution >= 4 is 16.5 Å². The first kappa shape index (κ1) is 17.4. The summed E-state index contributed by atoms with van der Waals surface area (Å²) >= 11 is 1.42. The maximum atomic E-state index is 13.4. The molecule has 25 heavy (non-hydrogen) atoms. The van der Waals surface area contributed by atoms with Gasteiger partial charge in [0.1, 0.15) is 0 Å². The van der Waals surface area contributed by atoms with Gasteiger partial charge in [-0.05, 0) is 24.1 Å². The number of hydrogen-bond donors (Lipinski definition) is 1. The van der Waals surface area contributed by atoms with Crippen LogP contribution in [0.25, 0.3) is 21.6 Å². The quantitative estimate of drug-likeness (QED) is 0.631. The highest BCUT2D eigenvalue weighted by molar-refractivity contribution is 7.18. The number of thiazole rings is 1. The predicted molar refractivity (Wildman–Crippen MR) is 94.6 cm³/mol. The van der Waals surface area contributed by atoms with Gasteiger partial charge in [0.15, 0.2) is 5.13 Å². The normalized spacial score (nSPS) is 11.5. The summed E-state index contributed by atoms with van der Waals surface area (Å²) in [6, 6.07) is 7.28. The van der Waals surface area contributed by atoms with E-state index < -0.39 is 11.7 Å². The van der Waals surface area contributed by atoms with Crippen molar-refractivity contribution in [3.63, 3.8) is 0 Å². The predicted octanol–water partition coefficient (Wildman–Crippen LogP) is 5.71. The molecule has 130 valence electrons. The molecule has 0 saturated heterocycles. The standard InChI is InChI=1S/C18H16F3N3S/c1-2-8-23-17-24-11-16(25-17)13-7-9-22-10-14(13)12-5-3-4-6-15(12)18(19,20)21/h3-7,9-11H,2,8H2,1H3,(H,23,24). The van der Waals surface area contributed by atoms with Crippen molar-refractivity contribution in [1.82, 2.24) is 9.97 Å². The summed E-state index contributed by atoms with van der Waals surface area (Å²) in [5, 5.41) is 3.94. The van der Waals surface area contributed by atoms with Crippen molar-refractivity contribution in [2.75, 3.05) is 11.9 Å². The molecule has 0 bridgehead atoms. The molecule has 0 fully saturated rings. The molecule has 0 saturated carbocycles. The third-order valence-corrected chi connectivity index (χ3v) is 4.63. The highest BCUT2D eigenvalue weighted by Gasteiger charge is 2.33. The molecule has 0 atom stereocenters. The Morgan fingerprint density at radius 1 is 1.04 bits per heavy atom. The Kier molecular flexibility index (Phi) is 5.03. The molecule has 0 unspecified atom stereocenters. The molecule has 3 rings (SSSR count). The fourth-order valence-electron chi connectivity index (χ4n) is 2.50. The van der Waals surface area contributed by atoms with E-state index in [4.69, 9.17) is 0 Å². The van der Waals surface area contributed by atoms with Gasteiger partial charge in [-0.3, -0.25) is 4.98 Å². The van der Waals surface area contributed by atoms with E-state index in [9.17, 15) is 13.2 Å². The topological polar surface area (TPSA) is 37.8 Å². The Morgan fingerprint density at radius 3 is 2.60 bits per heavy atom. The number of nitrogens with zero attached hydrogens (tertiary/aromatic N) is 2. The lowest BCUT2D eigenvalue weighted by atomic mass is 9.96. The van der Waals surface area contributed by atoms with Gasteiger partial charge >= 0.3 is 6.18 Å². The number of aromatic nitrogens is 2. The molecule has 3 nitrogen and oxygen atoms in total. The maximum Gasteiger partial charge on any atom is 0.417 e. The van der Waals surface area contributed by atoms with Gasteiger partial charge in [0, 0.05) is 36.3 Å². The molecule has 0 aliphatic carbocycles. The minimum absolute atomic E-state index is 0.120. The fraction of sp³-hybridized carbons (Fsp3) is 0.222. The Labute approximate surface area is 147 Å². The molecule has 0 aliphatic heterocycles. The lowest BCUT2D eigenvalue weighted by Crippen LogP contribution is -2.07. The minimum atomic E-state index is -4.43. The van der Waals surface area contributed by atoms with Crippen molar-refractivity contribution < 1.29 is 13.2 Å². The molecular weight excluding hydrogens is 347 g/mol. The second kappa shape index (κ2) is 7.23. The second-order valence-electron chi connectivity index (χ2n) is 5.42. The van der Waals surface area contributed by atoms with Crippen LogP contribution in [0.4, 0.5) is 18.3 Å². The van der Waals surface area contributed by atoms with E-state index in [0.717, 1.165) is 29.0 Å². The number of alkyl halides is 3.